The lowest BCUT2D eigenvalue weighted by Gasteiger charge is -2.18. The molecule has 0 spiro atoms. The topological polar surface area (TPSA) is 46.9 Å². The zero-order chi connectivity index (χ0) is 9.90. The van der Waals surface area contributed by atoms with Gasteiger partial charge < -0.3 is 5.32 Å². The minimum Gasteiger partial charge on any atom is -0.337 e. The van der Waals surface area contributed by atoms with Crippen LogP contribution in [-0.4, -0.2) is 22.1 Å². The molecule has 0 bridgehead atoms. The zero-order valence-corrected chi connectivity index (χ0v) is 8.24. The number of aromatic nitrogens is 2. The van der Waals surface area contributed by atoms with Gasteiger partial charge in [-0.1, -0.05) is 20.8 Å². The third kappa shape index (κ3) is 3.27. The molecule has 0 radical (unpaired) electrons. The first-order chi connectivity index (χ1) is 5.99. The van der Waals surface area contributed by atoms with Crippen LogP contribution in [0.3, 0.4) is 0 Å². The van der Waals surface area contributed by atoms with Gasteiger partial charge in [0.2, 0.25) is 0 Å². The van der Waals surface area contributed by atoms with E-state index in [1.54, 1.807) is 12.4 Å². The second-order valence-electron chi connectivity index (χ2n) is 4.19. The lowest BCUT2D eigenvalue weighted by molar-refractivity contribution is 0.237. The average Bonchev–Trinajstić information content (AvgIpc) is 2.50. The van der Waals surface area contributed by atoms with Gasteiger partial charge in [0, 0.05) is 18.9 Å². The molecule has 0 saturated carbocycles. The molecule has 1 N–H and O–H groups in total. The molecule has 0 aromatic carbocycles. The van der Waals surface area contributed by atoms with E-state index in [0.29, 0.717) is 6.54 Å². The minimum absolute atomic E-state index is 0.107. The Hall–Kier alpha value is -1.32. The molecule has 1 amide bonds. The predicted molar refractivity (Wildman–Crippen MR) is 50.5 cm³/mol. The Morgan fingerprint density at radius 1 is 1.54 bits per heavy atom. The van der Waals surface area contributed by atoms with Gasteiger partial charge in [-0.25, -0.2) is 9.78 Å². The van der Waals surface area contributed by atoms with Crippen LogP contribution in [0, 0.1) is 5.41 Å². The first-order valence-corrected chi connectivity index (χ1v) is 4.25. The molecule has 0 atom stereocenters. The van der Waals surface area contributed by atoms with Crippen molar-refractivity contribution >= 4 is 6.03 Å². The molecule has 4 nitrogen and oxygen atoms in total. The van der Waals surface area contributed by atoms with Crippen LogP contribution < -0.4 is 5.32 Å². The average molecular weight is 181 g/mol. The van der Waals surface area contributed by atoms with Crippen molar-refractivity contribution in [3.05, 3.63) is 18.7 Å². The summed E-state index contributed by atoms with van der Waals surface area (Å²) < 4.78 is 1.42. The van der Waals surface area contributed by atoms with Crippen LogP contribution in [0.25, 0.3) is 0 Å². The Balaban J connectivity index is 2.44. The van der Waals surface area contributed by atoms with Gasteiger partial charge in [0.15, 0.2) is 0 Å². The Kier molecular flexibility index (Phi) is 2.70. The Labute approximate surface area is 78.0 Å². The highest BCUT2D eigenvalue weighted by molar-refractivity contribution is 5.76. The largest absolute Gasteiger partial charge is 0.337 e. The van der Waals surface area contributed by atoms with E-state index in [4.69, 9.17) is 0 Å². The number of hydrogen-bond acceptors (Lipinski definition) is 2. The van der Waals surface area contributed by atoms with Crippen LogP contribution in [-0.2, 0) is 0 Å². The number of hydrogen-bond donors (Lipinski definition) is 1. The Morgan fingerprint density at radius 3 is 2.69 bits per heavy atom. The van der Waals surface area contributed by atoms with Crippen molar-refractivity contribution in [1.29, 1.82) is 0 Å². The summed E-state index contributed by atoms with van der Waals surface area (Å²) in [6.07, 6.45) is 4.69. The molecule has 0 aliphatic rings. The molecular weight excluding hydrogens is 166 g/mol. The van der Waals surface area contributed by atoms with Crippen LogP contribution >= 0.6 is 0 Å². The summed E-state index contributed by atoms with van der Waals surface area (Å²) in [6.45, 7) is 6.87. The highest BCUT2D eigenvalue weighted by Crippen LogP contribution is 2.10. The van der Waals surface area contributed by atoms with Crippen molar-refractivity contribution < 1.29 is 4.79 Å². The number of carbonyl (C=O) groups is 1. The molecule has 1 aromatic heterocycles. The molecular formula is C9H15N3O. The second kappa shape index (κ2) is 3.60. The maximum atomic E-state index is 11.4. The van der Waals surface area contributed by atoms with Gasteiger partial charge >= 0.3 is 6.03 Å². The third-order valence-electron chi connectivity index (χ3n) is 1.51. The van der Waals surface area contributed by atoms with E-state index in [0.717, 1.165) is 0 Å². The fourth-order valence-electron chi connectivity index (χ4n) is 0.811. The molecule has 4 heteroatoms. The fourth-order valence-corrected chi connectivity index (χ4v) is 0.811. The van der Waals surface area contributed by atoms with E-state index >= 15 is 0 Å². The Bertz CT molecular complexity index is 272. The normalized spacial score (nSPS) is 11.3. The van der Waals surface area contributed by atoms with E-state index in [1.807, 2.05) is 0 Å². The Morgan fingerprint density at radius 2 is 2.23 bits per heavy atom. The summed E-state index contributed by atoms with van der Waals surface area (Å²) in [6, 6.07) is -0.132. The number of amides is 1. The summed E-state index contributed by atoms with van der Waals surface area (Å²) in [5.74, 6) is 0. The number of rotatable bonds is 1. The van der Waals surface area contributed by atoms with Gasteiger partial charge in [-0.3, -0.25) is 4.57 Å². The van der Waals surface area contributed by atoms with Crippen molar-refractivity contribution in [2.75, 3.05) is 6.54 Å². The summed E-state index contributed by atoms with van der Waals surface area (Å²) in [5.41, 5.74) is 0.107. The third-order valence-corrected chi connectivity index (χ3v) is 1.51. The van der Waals surface area contributed by atoms with Gasteiger partial charge in [-0.2, -0.15) is 0 Å². The van der Waals surface area contributed by atoms with Crippen LogP contribution in [0.15, 0.2) is 18.7 Å². The van der Waals surface area contributed by atoms with Gasteiger partial charge in [0.25, 0.3) is 0 Å². The van der Waals surface area contributed by atoms with Crippen molar-refractivity contribution in [3.8, 4) is 0 Å². The molecule has 0 unspecified atom stereocenters. The van der Waals surface area contributed by atoms with Crippen molar-refractivity contribution in [1.82, 2.24) is 14.9 Å². The second-order valence-corrected chi connectivity index (χ2v) is 4.19. The molecule has 0 aliphatic heterocycles. The summed E-state index contributed by atoms with van der Waals surface area (Å²) in [4.78, 5) is 15.2. The van der Waals surface area contributed by atoms with Crippen LogP contribution in [0.1, 0.15) is 20.8 Å². The summed E-state index contributed by atoms with van der Waals surface area (Å²) >= 11 is 0. The van der Waals surface area contributed by atoms with Crippen LogP contribution in [0.2, 0.25) is 0 Å². The molecule has 1 aromatic rings. The fraction of sp³-hybridized carbons (Fsp3) is 0.556. The van der Waals surface area contributed by atoms with Gasteiger partial charge in [0.1, 0.15) is 6.33 Å². The highest BCUT2D eigenvalue weighted by atomic mass is 16.2. The lowest BCUT2D eigenvalue weighted by atomic mass is 9.97. The molecule has 0 fully saturated rings. The number of imidazole rings is 1. The number of nitrogens with one attached hydrogen (secondary N) is 1. The standard InChI is InChI=1S/C9H15N3O/c1-9(2,3)6-11-8(13)12-5-4-10-7-12/h4-5,7H,6H2,1-3H3,(H,11,13). The molecule has 13 heavy (non-hydrogen) atoms. The summed E-state index contributed by atoms with van der Waals surface area (Å²) in [7, 11) is 0. The quantitative estimate of drug-likeness (QED) is 0.713. The first kappa shape index (κ1) is 9.77. The van der Waals surface area contributed by atoms with E-state index in [-0.39, 0.29) is 11.4 Å². The molecule has 1 rings (SSSR count). The zero-order valence-electron chi connectivity index (χ0n) is 8.24. The predicted octanol–water partition coefficient (Wildman–Crippen LogP) is 1.49. The minimum atomic E-state index is -0.132. The molecule has 0 saturated heterocycles. The van der Waals surface area contributed by atoms with Crippen molar-refractivity contribution in [3.63, 3.8) is 0 Å². The molecule has 72 valence electrons. The van der Waals surface area contributed by atoms with Gasteiger partial charge in [0.05, 0.1) is 0 Å². The van der Waals surface area contributed by atoms with Crippen LogP contribution in [0.5, 0.6) is 0 Å². The molecule has 0 aliphatic carbocycles. The van der Waals surface area contributed by atoms with Gasteiger partial charge in [-0.15, -0.1) is 0 Å². The SMILES string of the molecule is CC(C)(C)CNC(=O)n1ccnc1. The van der Waals surface area contributed by atoms with Crippen LogP contribution in [0.4, 0.5) is 4.79 Å². The smallest absolute Gasteiger partial charge is 0.326 e. The highest BCUT2D eigenvalue weighted by Gasteiger charge is 2.12. The maximum absolute atomic E-state index is 11.4. The summed E-state index contributed by atoms with van der Waals surface area (Å²) in [5, 5.41) is 2.81. The lowest BCUT2D eigenvalue weighted by Crippen LogP contribution is -2.34. The maximum Gasteiger partial charge on any atom is 0.326 e. The van der Waals surface area contributed by atoms with E-state index in [1.165, 1.54) is 10.9 Å². The number of nitrogens with zero attached hydrogens (tertiary/aromatic N) is 2. The number of carbonyl (C=O) groups excluding carboxylic acids is 1. The van der Waals surface area contributed by atoms with Gasteiger partial charge in [-0.05, 0) is 5.41 Å². The van der Waals surface area contributed by atoms with Crippen molar-refractivity contribution in [2.24, 2.45) is 5.41 Å². The molecule has 1 heterocycles. The van der Waals surface area contributed by atoms with Crippen molar-refractivity contribution in [2.45, 2.75) is 20.8 Å². The van der Waals surface area contributed by atoms with E-state index < -0.39 is 0 Å². The monoisotopic (exact) mass is 181 g/mol. The first-order valence-electron chi connectivity index (χ1n) is 4.25. The van der Waals surface area contributed by atoms with E-state index in [2.05, 4.69) is 31.1 Å². The van der Waals surface area contributed by atoms with E-state index in [9.17, 15) is 4.79 Å².